The first-order valence-electron chi connectivity index (χ1n) is 16.8. The maximum atomic E-state index is 6.63. The van der Waals surface area contributed by atoms with Crippen molar-refractivity contribution in [2.45, 2.75) is 0 Å². The second kappa shape index (κ2) is 11.4. The predicted octanol–water partition coefficient (Wildman–Crippen LogP) is 12.1. The Morgan fingerprint density at radius 2 is 1.00 bits per heavy atom. The summed E-state index contributed by atoms with van der Waals surface area (Å²) < 4.78 is 8.98. The maximum absolute atomic E-state index is 6.63. The van der Waals surface area contributed by atoms with Gasteiger partial charge in [-0.2, -0.15) is 0 Å². The van der Waals surface area contributed by atoms with Gasteiger partial charge < -0.3 is 8.98 Å². The number of para-hydroxylation sites is 1. The van der Waals surface area contributed by atoms with Crippen molar-refractivity contribution in [2.24, 2.45) is 0 Å². The summed E-state index contributed by atoms with van der Waals surface area (Å²) in [6, 6.07) is 61.2. The number of hydrogen-bond donors (Lipinski definition) is 0. The molecule has 10 rings (SSSR count). The molecular weight excluding hydrogens is 611 g/mol. The Morgan fingerprint density at radius 3 is 1.72 bits per heavy atom. The average molecular weight is 640 g/mol. The number of fused-ring (bicyclic) bond motifs is 6. The van der Waals surface area contributed by atoms with Gasteiger partial charge in [-0.25, -0.2) is 9.97 Å². The van der Waals surface area contributed by atoms with E-state index in [0.717, 1.165) is 66.7 Å². The van der Waals surface area contributed by atoms with Crippen molar-refractivity contribution in [2.75, 3.05) is 0 Å². The Morgan fingerprint density at radius 1 is 0.400 bits per heavy atom. The summed E-state index contributed by atoms with van der Waals surface area (Å²) in [7, 11) is 0. The lowest BCUT2D eigenvalue weighted by molar-refractivity contribution is 0.668. The highest BCUT2D eigenvalue weighted by Gasteiger charge is 2.20. The monoisotopic (exact) mass is 639 g/mol. The van der Waals surface area contributed by atoms with E-state index in [-0.39, 0.29) is 0 Å². The van der Waals surface area contributed by atoms with Gasteiger partial charge in [-0.3, -0.25) is 0 Å². The fraction of sp³-hybridized carbons (Fsp3) is 0. The van der Waals surface area contributed by atoms with Gasteiger partial charge >= 0.3 is 0 Å². The van der Waals surface area contributed by atoms with Crippen LogP contribution in [0.2, 0.25) is 0 Å². The standard InChI is InChI=1S/C46H29N3O/c1-4-14-30(15-5-1)34-21-12-24-41-44(34)35-20-10-11-23-40(35)49(41)33-26-27-36-43(28-33)50-42-25-13-22-37(45(36)42)46-47-38(31-16-6-2-7-17-31)29-39(48-46)32-18-8-3-9-19-32/h1-29H. The number of rotatable bonds is 5. The second-order valence-corrected chi connectivity index (χ2v) is 12.6. The highest BCUT2D eigenvalue weighted by molar-refractivity contribution is 6.16. The normalized spacial score (nSPS) is 11.6. The molecule has 0 aliphatic carbocycles. The molecule has 7 aromatic carbocycles. The first-order chi connectivity index (χ1) is 24.8. The minimum absolute atomic E-state index is 0.665. The molecule has 10 aromatic rings. The van der Waals surface area contributed by atoms with E-state index in [1.807, 2.05) is 48.5 Å². The smallest absolute Gasteiger partial charge is 0.161 e. The van der Waals surface area contributed by atoms with Crippen LogP contribution in [0.15, 0.2) is 180 Å². The second-order valence-electron chi connectivity index (χ2n) is 12.6. The molecule has 0 fully saturated rings. The molecule has 0 unspecified atom stereocenters. The first kappa shape index (κ1) is 28.3. The molecule has 3 aromatic heterocycles. The first-order valence-corrected chi connectivity index (χ1v) is 16.8. The van der Waals surface area contributed by atoms with Crippen molar-refractivity contribution in [1.82, 2.24) is 14.5 Å². The zero-order valence-corrected chi connectivity index (χ0v) is 27.0. The Kier molecular flexibility index (Phi) is 6.46. The zero-order chi connectivity index (χ0) is 33.0. The van der Waals surface area contributed by atoms with Gasteiger partial charge in [0.15, 0.2) is 5.82 Å². The van der Waals surface area contributed by atoms with Crippen LogP contribution in [-0.2, 0) is 0 Å². The van der Waals surface area contributed by atoms with E-state index >= 15 is 0 Å². The molecule has 50 heavy (non-hydrogen) atoms. The van der Waals surface area contributed by atoms with Gasteiger partial charge in [0.25, 0.3) is 0 Å². The molecule has 0 spiro atoms. The van der Waals surface area contributed by atoms with Crippen LogP contribution in [0.3, 0.4) is 0 Å². The van der Waals surface area contributed by atoms with Gasteiger partial charge in [0.2, 0.25) is 0 Å². The van der Waals surface area contributed by atoms with Crippen molar-refractivity contribution >= 4 is 43.7 Å². The maximum Gasteiger partial charge on any atom is 0.161 e. The summed E-state index contributed by atoms with van der Waals surface area (Å²) in [5.74, 6) is 0.665. The molecule has 0 aliphatic rings. The number of benzene rings is 7. The van der Waals surface area contributed by atoms with Crippen molar-refractivity contribution in [3.8, 4) is 50.7 Å². The number of nitrogens with zero attached hydrogens (tertiary/aromatic N) is 3. The average Bonchev–Trinajstić information content (AvgIpc) is 3.74. The van der Waals surface area contributed by atoms with Crippen molar-refractivity contribution in [1.29, 1.82) is 0 Å². The molecule has 3 heterocycles. The van der Waals surface area contributed by atoms with Crippen molar-refractivity contribution in [3.63, 3.8) is 0 Å². The van der Waals surface area contributed by atoms with Crippen LogP contribution >= 0.6 is 0 Å². The lowest BCUT2D eigenvalue weighted by Gasteiger charge is -2.10. The lowest BCUT2D eigenvalue weighted by Crippen LogP contribution is -1.96. The molecule has 0 saturated carbocycles. The van der Waals surface area contributed by atoms with Crippen LogP contribution in [0.4, 0.5) is 0 Å². The fourth-order valence-corrected chi connectivity index (χ4v) is 7.38. The van der Waals surface area contributed by atoms with Crippen LogP contribution in [-0.4, -0.2) is 14.5 Å². The molecule has 0 aliphatic heterocycles. The summed E-state index contributed by atoms with van der Waals surface area (Å²) in [4.78, 5) is 10.3. The van der Waals surface area contributed by atoms with Crippen LogP contribution in [0, 0.1) is 0 Å². The third kappa shape index (κ3) is 4.54. The van der Waals surface area contributed by atoms with Gasteiger partial charge in [-0.05, 0) is 47.5 Å². The number of furan rings is 1. The van der Waals surface area contributed by atoms with E-state index in [1.54, 1.807) is 0 Å². The fourth-order valence-electron chi connectivity index (χ4n) is 7.38. The van der Waals surface area contributed by atoms with E-state index in [0.29, 0.717) is 5.82 Å². The predicted molar refractivity (Wildman–Crippen MR) is 205 cm³/mol. The van der Waals surface area contributed by atoms with Gasteiger partial charge in [0.1, 0.15) is 11.2 Å². The Balaban J connectivity index is 1.18. The van der Waals surface area contributed by atoms with Crippen molar-refractivity contribution < 1.29 is 4.42 Å². The molecule has 0 amide bonds. The molecule has 0 atom stereocenters. The summed E-state index contributed by atoms with van der Waals surface area (Å²) in [6.07, 6.45) is 0. The third-order valence-corrected chi connectivity index (χ3v) is 9.63. The van der Waals surface area contributed by atoms with Crippen LogP contribution < -0.4 is 0 Å². The van der Waals surface area contributed by atoms with Crippen LogP contribution in [0.1, 0.15) is 0 Å². The minimum Gasteiger partial charge on any atom is -0.456 e. The van der Waals surface area contributed by atoms with E-state index < -0.39 is 0 Å². The number of aromatic nitrogens is 3. The number of hydrogen-bond acceptors (Lipinski definition) is 3. The molecule has 0 radical (unpaired) electrons. The van der Waals surface area contributed by atoms with Crippen LogP contribution in [0.5, 0.6) is 0 Å². The zero-order valence-electron chi connectivity index (χ0n) is 27.0. The topological polar surface area (TPSA) is 43.9 Å². The molecular formula is C46H29N3O. The van der Waals surface area contributed by atoms with Crippen LogP contribution in [0.25, 0.3) is 94.5 Å². The van der Waals surface area contributed by atoms with Gasteiger partial charge in [-0.1, -0.05) is 133 Å². The third-order valence-electron chi connectivity index (χ3n) is 9.63. The Hall–Kier alpha value is -6.78. The molecule has 0 N–H and O–H groups in total. The van der Waals surface area contributed by atoms with E-state index in [1.165, 1.54) is 21.9 Å². The Labute approximate surface area is 288 Å². The summed E-state index contributed by atoms with van der Waals surface area (Å²) in [5, 5.41) is 4.50. The highest BCUT2D eigenvalue weighted by atomic mass is 16.3. The van der Waals surface area contributed by atoms with Gasteiger partial charge in [0, 0.05) is 50.0 Å². The van der Waals surface area contributed by atoms with E-state index in [9.17, 15) is 0 Å². The highest BCUT2D eigenvalue weighted by Crippen LogP contribution is 2.41. The lowest BCUT2D eigenvalue weighted by atomic mass is 9.99. The quantitative estimate of drug-likeness (QED) is 0.188. The summed E-state index contributed by atoms with van der Waals surface area (Å²) in [5.41, 5.74) is 12.2. The van der Waals surface area contributed by atoms with Crippen molar-refractivity contribution in [3.05, 3.63) is 176 Å². The molecule has 0 bridgehead atoms. The van der Waals surface area contributed by atoms with Gasteiger partial charge in [-0.15, -0.1) is 0 Å². The SMILES string of the molecule is c1ccc(-c2cc(-c3ccccc3)nc(-c3cccc4oc5cc(-n6c7ccccc7c7c(-c8ccccc8)cccc76)ccc5c34)n2)cc1. The van der Waals surface area contributed by atoms with Gasteiger partial charge in [0.05, 0.1) is 22.4 Å². The van der Waals surface area contributed by atoms with E-state index in [2.05, 4.69) is 132 Å². The van der Waals surface area contributed by atoms with E-state index in [4.69, 9.17) is 14.4 Å². The minimum atomic E-state index is 0.665. The summed E-state index contributed by atoms with van der Waals surface area (Å²) >= 11 is 0. The molecule has 0 saturated heterocycles. The Bertz CT molecular complexity index is 2800. The molecule has 4 heteroatoms. The molecule has 234 valence electrons. The molecule has 4 nitrogen and oxygen atoms in total. The summed E-state index contributed by atoms with van der Waals surface area (Å²) in [6.45, 7) is 0. The largest absolute Gasteiger partial charge is 0.456 e.